The summed E-state index contributed by atoms with van der Waals surface area (Å²) in [5.74, 6) is 1.68. The summed E-state index contributed by atoms with van der Waals surface area (Å²) in [4.78, 5) is 16.8. The van der Waals surface area contributed by atoms with Crippen LogP contribution in [0.25, 0.3) is 0 Å². The highest BCUT2D eigenvalue weighted by Gasteiger charge is 2.46. The molecule has 2 heterocycles. The van der Waals surface area contributed by atoms with Gasteiger partial charge in [0.2, 0.25) is 0 Å². The van der Waals surface area contributed by atoms with E-state index in [1.165, 1.54) is 32.7 Å². The summed E-state index contributed by atoms with van der Waals surface area (Å²) < 4.78 is 19.4. The average Bonchev–Trinajstić information content (AvgIpc) is 2.64. The maximum atomic E-state index is 14.6. The number of carbonyl (C=O) groups is 1. The molecule has 1 saturated carbocycles. The van der Waals surface area contributed by atoms with Crippen LogP contribution < -0.4 is 0 Å². The number of ether oxygens (including phenoxy) is 1. The average molecular weight is 360 g/mol. The fourth-order valence-electron chi connectivity index (χ4n) is 5.42. The number of esters is 1. The number of fused-ring (bicyclic) bond motifs is 3. The van der Waals surface area contributed by atoms with E-state index in [1.807, 2.05) is 6.07 Å². The van der Waals surface area contributed by atoms with E-state index >= 15 is 0 Å². The van der Waals surface area contributed by atoms with Crippen LogP contribution in [-0.2, 0) is 17.7 Å². The first-order valence-corrected chi connectivity index (χ1v) is 9.82. The number of piperidine rings is 2. The Morgan fingerprint density at radius 2 is 2.04 bits per heavy atom. The van der Waals surface area contributed by atoms with Crippen LogP contribution in [0.15, 0.2) is 12.1 Å². The number of likely N-dealkylation sites (tertiary alicyclic amines) is 1. The summed E-state index contributed by atoms with van der Waals surface area (Å²) in [5, 5.41) is 0. The number of carbonyl (C=O) groups excluding carboxylic acids is 1. The second-order valence-electron chi connectivity index (χ2n) is 8.42. The summed E-state index contributed by atoms with van der Waals surface area (Å²) >= 11 is 0. The number of halogens is 1. The van der Waals surface area contributed by atoms with E-state index in [2.05, 4.69) is 23.8 Å². The van der Waals surface area contributed by atoms with Crippen LogP contribution in [0.4, 0.5) is 4.39 Å². The Balaban J connectivity index is 1.55. The zero-order chi connectivity index (χ0) is 18.4. The number of nitrogens with zero attached hydrogens (tertiary/aromatic N) is 2. The Morgan fingerprint density at radius 3 is 2.69 bits per heavy atom. The second-order valence-corrected chi connectivity index (χ2v) is 8.42. The highest BCUT2D eigenvalue weighted by Crippen LogP contribution is 2.46. The molecule has 2 unspecified atom stereocenters. The van der Waals surface area contributed by atoms with Gasteiger partial charge in [-0.15, -0.1) is 0 Å². The second kappa shape index (κ2) is 6.93. The largest absolute Gasteiger partial charge is 0.465 e. The summed E-state index contributed by atoms with van der Waals surface area (Å²) in [6.07, 6.45) is 3.14. The molecule has 2 aliphatic heterocycles. The van der Waals surface area contributed by atoms with Crippen LogP contribution in [0.5, 0.6) is 0 Å². The van der Waals surface area contributed by atoms with Crippen molar-refractivity contribution in [3.05, 3.63) is 34.6 Å². The van der Waals surface area contributed by atoms with E-state index in [1.54, 1.807) is 0 Å². The molecule has 0 radical (unpaired) electrons. The van der Waals surface area contributed by atoms with Gasteiger partial charge in [-0.05, 0) is 67.3 Å². The molecule has 0 N–H and O–H groups in total. The van der Waals surface area contributed by atoms with Gasteiger partial charge >= 0.3 is 5.97 Å². The first-order chi connectivity index (χ1) is 12.5. The van der Waals surface area contributed by atoms with Crippen molar-refractivity contribution in [2.24, 2.45) is 17.8 Å². The smallest absolute Gasteiger partial charge is 0.337 e. The molecule has 3 atom stereocenters. The quantitative estimate of drug-likeness (QED) is 0.773. The van der Waals surface area contributed by atoms with E-state index in [0.717, 1.165) is 54.8 Å². The van der Waals surface area contributed by atoms with Crippen molar-refractivity contribution in [1.29, 1.82) is 0 Å². The van der Waals surface area contributed by atoms with Gasteiger partial charge in [-0.1, -0.05) is 6.92 Å². The lowest BCUT2D eigenvalue weighted by Crippen LogP contribution is -2.58. The van der Waals surface area contributed by atoms with Gasteiger partial charge in [0.05, 0.1) is 12.7 Å². The van der Waals surface area contributed by atoms with Gasteiger partial charge in [0.25, 0.3) is 0 Å². The van der Waals surface area contributed by atoms with Crippen LogP contribution in [0.3, 0.4) is 0 Å². The van der Waals surface area contributed by atoms with Crippen LogP contribution in [0, 0.1) is 23.6 Å². The molecule has 5 heteroatoms. The number of benzene rings is 1. The van der Waals surface area contributed by atoms with Crippen LogP contribution in [0.1, 0.15) is 41.3 Å². The standard InChI is InChI=1S/C21H29FN2O2/c1-4-17-8-18-16(5-13(7-20(18)22)21(25)26-3)11-24(17)12-19-14-6-15(19)10-23(2)9-14/h5,7,14-15,17,19H,4,6,8-12H2,1-3H3/t14?,15?,17-,19?/m0/s1. The lowest BCUT2D eigenvalue weighted by molar-refractivity contribution is -0.0572. The molecule has 2 bridgehead atoms. The molecule has 4 rings (SSSR count). The molecule has 2 fully saturated rings. The number of rotatable bonds is 4. The Labute approximate surface area is 155 Å². The first kappa shape index (κ1) is 17.9. The lowest BCUT2D eigenvalue weighted by Gasteiger charge is -2.55. The molecule has 4 nitrogen and oxygen atoms in total. The molecular weight excluding hydrogens is 331 g/mol. The Morgan fingerprint density at radius 1 is 1.31 bits per heavy atom. The third kappa shape index (κ3) is 3.05. The normalized spacial score (nSPS) is 31.2. The van der Waals surface area contributed by atoms with Gasteiger partial charge in [0.1, 0.15) is 5.82 Å². The zero-order valence-corrected chi connectivity index (χ0v) is 16.0. The number of methoxy groups -OCH3 is 1. The third-order valence-electron chi connectivity index (χ3n) is 6.86. The number of hydrogen-bond donors (Lipinski definition) is 0. The van der Waals surface area contributed by atoms with Crippen molar-refractivity contribution < 1.29 is 13.9 Å². The molecule has 142 valence electrons. The molecule has 1 aromatic carbocycles. The number of hydrogen-bond acceptors (Lipinski definition) is 4. The van der Waals surface area contributed by atoms with E-state index in [4.69, 9.17) is 4.74 Å². The van der Waals surface area contributed by atoms with E-state index in [0.29, 0.717) is 11.6 Å². The molecular formula is C21H29FN2O2. The van der Waals surface area contributed by atoms with Crippen molar-refractivity contribution in [3.8, 4) is 0 Å². The van der Waals surface area contributed by atoms with Gasteiger partial charge in [0.15, 0.2) is 0 Å². The Kier molecular flexibility index (Phi) is 4.78. The van der Waals surface area contributed by atoms with Gasteiger partial charge in [0, 0.05) is 32.2 Å². The van der Waals surface area contributed by atoms with Crippen molar-refractivity contribution in [2.45, 2.75) is 38.8 Å². The van der Waals surface area contributed by atoms with Crippen LogP contribution in [0.2, 0.25) is 0 Å². The van der Waals surface area contributed by atoms with Crippen LogP contribution >= 0.6 is 0 Å². The Hall–Kier alpha value is -1.46. The molecule has 26 heavy (non-hydrogen) atoms. The summed E-state index contributed by atoms with van der Waals surface area (Å²) in [7, 11) is 3.56. The zero-order valence-electron chi connectivity index (χ0n) is 16.0. The molecule has 1 aliphatic carbocycles. The molecule has 0 spiro atoms. The fourth-order valence-corrected chi connectivity index (χ4v) is 5.42. The van der Waals surface area contributed by atoms with Gasteiger partial charge < -0.3 is 9.64 Å². The SMILES string of the molecule is CC[C@H]1Cc2c(F)cc(C(=O)OC)cc2CN1CC1C2CC1CN(C)C2. The minimum absolute atomic E-state index is 0.261. The summed E-state index contributed by atoms with van der Waals surface area (Å²) in [6, 6.07) is 3.55. The van der Waals surface area contributed by atoms with Crippen molar-refractivity contribution in [2.75, 3.05) is 33.8 Å². The predicted octanol–water partition coefficient (Wildman–Crippen LogP) is 2.95. The summed E-state index contributed by atoms with van der Waals surface area (Å²) in [6.45, 7) is 6.46. The lowest BCUT2D eigenvalue weighted by atomic mass is 9.61. The van der Waals surface area contributed by atoms with Gasteiger partial charge in [-0.25, -0.2) is 9.18 Å². The highest BCUT2D eigenvalue weighted by molar-refractivity contribution is 5.89. The van der Waals surface area contributed by atoms with Gasteiger partial charge in [-0.2, -0.15) is 0 Å². The van der Waals surface area contributed by atoms with Crippen molar-refractivity contribution in [1.82, 2.24) is 9.80 Å². The molecule has 0 amide bonds. The molecule has 0 aromatic heterocycles. The molecule has 1 aromatic rings. The van der Waals surface area contributed by atoms with Crippen molar-refractivity contribution >= 4 is 5.97 Å². The van der Waals surface area contributed by atoms with Gasteiger partial charge in [-0.3, -0.25) is 4.90 Å². The minimum Gasteiger partial charge on any atom is -0.465 e. The summed E-state index contributed by atoms with van der Waals surface area (Å²) in [5.41, 5.74) is 2.06. The maximum Gasteiger partial charge on any atom is 0.337 e. The highest BCUT2D eigenvalue weighted by atomic mass is 19.1. The topological polar surface area (TPSA) is 32.8 Å². The first-order valence-electron chi connectivity index (χ1n) is 9.82. The maximum absolute atomic E-state index is 14.6. The monoisotopic (exact) mass is 360 g/mol. The molecule has 3 aliphatic rings. The minimum atomic E-state index is -0.465. The van der Waals surface area contributed by atoms with Crippen molar-refractivity contribution in [3.63, 3.8) is 0 Å². The Bertz CT molecular complexity index is 695. The van der Waals surface area contributed by atoms with E-state index < -0.39 is 5.97 Å². The predicted molar refractivity (Wildman–Crippen MR) is 98.5 cm³/mol. The third-order valence-corrected chi connectivity index (χ3v) is 6.86. The fraction of sp³-hybridized carbons (Fsp3) is 0.667. The van der Waals surface area contributed by atoms with Crippen LogP contribution in [-0.4, -0.2) is 55.6 Å². The molecule has 1 saturated heterocycles. The van der Waals surface area contributed by atoms with E-state index in [-0.39, 0.29) is 5.82 Å². The van der Waals surface area contributed by atoms with E-state index in [9.17, 15) is 9.18 Å².